The third-order valence-corrected chi connectivity index (χ3v) is 3.67. The van der Waals surface area contributed by atoms with Crippen molar-refractivity contribution in [2.75, 3.05) is 11.9 Å². The molecule has 130 valence electrons. The molecule has 25 heavy (non-hydrogen) atoms. The standard InChI is InChI=1S/C16H17N5O4/c1-9-18-14(25-21-9)6-7-17-13(22)8-12-16(24)19-11-5-3-2-4-10(11)15(23)20-12/h2-5,12H,6-8H2,1H3,(H,17,22)(H,19,24)(H,20,23)/t12-/m0/s1. The fraction of sp³-hybridized carbons (Fsp3) is 0.312. The number of para-hydroxylation sites is 1. The number of amides is 3. The number of hydrogen-bond donors (Lipinski definition) is 3. The maximum atomic E-state index is 12.2. The molecule has 3 rings (SSSR count). The monoisotopic (exact) mass is 343 g/mol. The van der Waals surface area contributed by atoms with Crippen LogP contribution in [0.3, 0.4) is 0 Å². The maximum Gasteiger partial charge on any atom is 0.254 e. The summed E-state index contributed by atoms with van der Waals surface area (Å²) in [4.78, 5) is 40.5. The van der Waals surface area contributed by atoms with Crippen molar-refractivity contribution < 1.29 is 18.9 Å². The molecule has 2 aromatic rings. The van der Waals surface area contributed by atoms with Gasteiger partial charge in [0.05, 0.1) is 17.7 Å². The number of rotatable bonds is 5. The molecule has 0 fully saturated rings. The number of anilines is 1. The van der Waals surface area contributed by atoms with E-state index in [1.807, 2.05) is 0 Å². The van der Waals surface area contributed by atoms with Crippen LogP contribution in [0.15, 0.2) is 28.8 Å². The van der Waals surface area contributed by atoms with E-state index in [0.29, 0.717) is 35.9 Å². The first-order valence-corrected chi connectivity index (χ1v) is 7.79. The lowest BCUT2D eigenvalue weighted by molar-refractivity contribution is -0.125. The van der Waals surface area contributed by atoms with Gasteiger partial charge in [-0.15, -0.1) is 0 Å². The number of nitrogens with zero attached hydrogens (tertiary/aromatic N) is 2. The van der Waals surface area contributed by atoms with Crippen LogP contribution >= 0.6 is 0 Å². The Morgan fingerprint density at radius 3 is 2.88 bits per heavy atom. The zero-order chi connectivity index (χ0) is 17.8. The van der Waals surface area contributed by atoms with E-state index in [-0.39, 0.29) is 12.3 Å². The number of carbonyl (C=O) groups is 3. The Hall–Kier alpha value is -3.23. The normalized spacial score (nSPS) is 16.4. The molecule has 0 aliphatic carbocycles. The van der Waals surface area contributed by atoms with Crippen LogP contribution in [0, 0.1) is 6.92 Å². The van der Waals surface area contributed by atoms with E-state index in [2.05, 4.69) is 26.1 Å². The van der Waals surface area contributed by atoms with E-state index < -0.39 is 17.9 Å². The molecule has 0 unspecified atom stereocenters. The number of aryl methyl sites for hydroxylation is 1. The van der Waals surface area contributed by atoms with Gasteiger partial charge in [0.15, 0.2) is 5.82 Å². The minimum atomic E-state index is -0.939. The van der Waals surface area contributed by atoms with Crippen molar-refractivity contribution in [3.8, 4) is 0 Å². The van der Waals surface area contributed by atoms with Crippen molar-refractivity contribution >= 4 is 23.4 Å². The second-order valence-electron chi connectivity index (χ2n) is 5.60. The van der Waals surface area contributed by atoms with Gasteiger partial charge in [-0.3, -0.25) is 14.4 Å². The summed E-state index contributed by atoms with van der Waals surface area (Å²) >= 11 is 0. The SMILES string of the molecule is Cc1noc(CCNC(=O)C[C@@H]2NC(=O)c3ccccc3NC2=O)n1. The molecule has 0 saturated carbocycles. The van der Waals surface area contributed by atoms with Gasteiger partial charge in [-0.2, -0.15) is 4.98 Å². The van der Waals surface area contributed by atoms with Gasteiger partial charge in [0, 0.05) is 13.0 Å². The smallest absolute Gasteiger partial charge is 0.254 e. The predicted molar refractivity (Wildman–Crippen MR) is 86.7 cm³/mol. The predicted octanol–water partition coefficient (Wildman–Crippen LogP) is 0.178. The molecule has 1 aromatic carbocycles. The third kappa shape index (κ3) is 4.00. The first-order valence-electron chi connectivity index (χ1n) is 7.79. The topological polar surface area (TPSA) is 126 Å². The van der Waals surface area contributed by atoms with Crippen molar-refractivity contribution in [1.29, 1.82) is 0 Å². The molecule has 0 saturated heterocycles. The molecule has 2 heterocycles. The van der Waals surface area contributed by atoms with E-state index in [1.54, 1.807) is 31.2 Å². The Morgan fingerprint density at radius 2 is 2.12 bits per heavy atom. The first-order chi connectivity index (χ1) is 12.0. The quantitative estimate of drug-likeness (QED) is 0.711. The van der Waals surface area contributed by atoms with Gasteiger partial charge in [0.25, 0.3) is 5.91 Å². The van der Waals surface area contributed by atoms with Crippen molar-refractivity contribution in [2.24, 2.45) is 0 Å². The van der Waals surface area contributed by atoms with E-state index in [4.69, 9.17) is 4.52 Å². The van der Waals surface area contributed by atoms with Gasteiger partial charge in [-0.25, -0.2) is 0 Å². The average Bonchev–Trinajstić information content (AvgIpc) is 2.95. The molecule has 1 aliphatic heterocycles. The van der Waals surface area contributed by atoms with Gasteiger partial charge < -0.3 is 20.5 Å². The Labute approximate surface area is 143 Å². The minimum Gasteiger partial charge on any atom is -0.356 e. The second-order valence-corrected chi connectivity index (χ2v) is 5.60. The molecular weight excluding hydrogens is 326 g/mol. The Bertz CT molecular complexity index is 816. The summed E-state index contributed by atoms with van der Waals surface area (Å²) in [6.07, 6.45) is 0.232. The fourth-order valence-electron chi connectivity index (χ4n) is 2.46. The molecule has 0 bridgehead atoms. The van der Waals surface area contributed by atoms with Gasteiger partial charge >= 0.3 is 0 Å². The van der Waals surface area contributed by atoms with Crippen molar-refractivity contribution in [3.63, 3.8) is 0 Å². The van der Waals surface area contributed by atoms with Gasteiger partial charge in [-0.1, -0.05) is 17.3 Å². The Morgan fingerprint density at radius 1 is 1.32 bits per heavy atom. The largest absolute Gasteiger partial charge is 0.356 e. The average molecular weight is 343 g/mol. The van der Waals surface area contributed by atoms with Crippen LogP contribution in [0.2, 0.25) is 0 Å². The summed E-state index contributed by atoms with van der Waals surface area (Å²) in [6, 6.07) is 5.74. The number of hydrogen-bond acceptors (Lipinski definition) is 6. The summed E-state index contributed by atoms with van der Waals surface area (Å²) in [7, 11) is 0. The van der Waals surface area contributed by atoms with Crippen molar-refractivity contribution in [2.45, 2.75) is 25.8 Å². The molecule has 1 aromatic heterocycles. The molecule has 0 radical (unpaired) electrons. The number of carbonyl (C=O) groups excluding carboxylic acids is 3. The van der Waals surface area contributed by atoms with Crippen LogP contribution in [-0.4, -0.2) is 40.4 Å². The lowest BCUT2D eigenvalue weighted by atomic mass is 10.1. The Balaban J connectivity index is 1.54. The van der Waals surface area contributed by atoms with Crippen molar-refractivity contribution in [1.82, 2.24) is 20.8 Å². The summed E-state index contributed by atoms with van der Waals surface area (Å²) in [5.74, 6) is -0.232. The van der Waals surface area contributed by atoms with Gasteiger partial charge in [0.1, 0.15) is 6.04 Å². The number of aromatic nitrogens is 2. The van der Waals surface area contributed by atoms with Crippen LogP contribution in [0.25, 0.3) is 0 Å². The minimum absolute atomic E-state index is 0.158. The molecule has 9 nitrogen and oxygen atoms in total. The maximum absolute atomic E-state index is 12.2. The summed E-state index contributed by atoms with van der Waals surface area (Å²) in [6.45, 7) is 2.00. The van der Waals surface area contributed by atoms with Crippen molar-refractivity contribution in [3.05, 3.63) is 41.5 Å². The lowest BCUT2D eigenvalue weighted by Gasteiger charge is -2.14. The van der Waals surface area contributed by atoms with E-state index >= 15 is 0 Å². The third-order valence-electron chi connectivity index (χ3n) is 3.67. The molecule has 3 N–H and O–H groups in total. The summed E-state index contributed by atoms with van der Waals surface area (Å²) in [5.41, 5.74) is 0.796. The summed E-state index contributed by atoms with van der Waals surface area (Å²) in [5, 5.41) is 11.6. The number of nitrogens with one attached hydrogen (secondary N) is 3. The lowest BCUT2D eigenvalue weighted by Crippen LogP contribution is -2.44. The second kappa shape index (κ2) is 7.12. The van der Waals surface area contributed by atoms with E-state index in [0.717, 1.165) is 0 Å². The highest BCUT2D eigenvalue weighted by Gasteiger charge is 2.29. The molecule has 0 spiro atoms. The fourth-order valence-corrected chi connectivity index (χ4v) is 2.46. The first kappa shape index (κ1) is 16.6. The van der Waals surface area contributed by atoms with Gasteiger partial charge in [-0.05, 0) is 19.1 Å². The van der Waals surface area contributed by atoms with Crippen LogP contribution in [0.4, 0.5) is 5.69 Å². The van der Waals surface area contributed by atoms with Crippen LogP contribution in [-0.2, 0) is 16.0 Å². The zero-order valence-electron chi connectivity index (χ0n) is 13.5. The molecule has 1 aliphatic rings. The van der Waals surface area contributed by atoms with E-state index in [9.17, 15) is 14.4 Å². The highest BCUT2D eigenvalue weighted by molar-refractivity contribution is 6.10. The molecule has 3 amide bonds. The van der Waals surface area contributed by atoms with Crippen LogP contribution in [0.1, 0.15) is 28.5 Å². The summed E-state index contributed by atoms with van der Waals surface area (Å²) < 4.78 is 4.95. The van der Waals surface area contributed by atoms with Crippen LogP contribution in [0.5, 0.6) is 0 Å². The Kier molecular flexibility index (Phi) is 4.73. The molecule has 9 heteroatoms. The highest BCUT2D eigenvalue weighted by Crippen LogP contribution is 2.18. The van der Waals surface area contributed by atoms with Crippen LogP contribution < -0.4 is 16.0 Å². The molecular formula is C16H17N5O4. The van der Waals surface area contributed by atoms with E-state index in [1.165, 1.54) is 0 Å². The highest BCUT2D eigenvalue weighted by atomic mass is 16.5. The molecule has 1 atom stereocenters. The van der Waals surface area contributed by atoms with Gasteiger partial charge in [0.2, 0.25) is 17.7 Å². The number of fused-ring (bicyclic) bond motifs is 1. The zero-order valence-corrected chi connectivity index (χ0v) is 13.5. The number of benzene rings is 1.